The van der Waals surface area contributed by atoms with Crippen LogP contribution in [-0.4, -0.2) is 25.1 Å². The molecule has 0 bridgehead atoms. The smallest absolute Gasteiger partial charge is 0.253 e. The molecule has 4 heterocycles. The zero-order valence-electron chi connectivity index (χ0n) is 14.8. The van der Waals surface area contributed by atoms with E-state index in [0.717, 1.165) is 11.1 Å². The summed E-state index contributed by atoms with van der Waals surface area (Å²) in [5.74, 6) is -0.0997. The van der Waals surface area contributed by atoms with Crippen molar-refractivity contribution in [2.45, 2.75) is 0 Å². The number of nitrogens with zero attached hydrogens (tertiary/aromatic N) is 4. The highest BCUT2D eigenvalue weighted by Gasteiger charge is 2.16. The molecular weight excluding hydrogens is 373 g/mol. The summed E-state index contributed by atoms with van der Waals surface area (Å²) in [6.07, 6.45) is 6.54. The summed E-state index contributed by atoms with van der Waals surface area (Å²) in [6.45, 7) is 0. The first-order valence-electron chi connectivity index (χ1n) is 8.71. The highest BCUT2D eigenvalue weighted by Crippen LogP contribution is 2.24. The van der Waals surface area contributed by atoms with Gasteiger partial charge in [-0.3, -0.25) is 9.78 Å². The molecule has 1 aromatic carbocycles. The maximum Gasteiger partial charge on any atom is 0.253 e. The van der Waals surface area contributed by atoms with Crippen molar-refractivity contribution < 1.29 is 8.81 Å². The Morgan fingerprint density at radius 2 is 1.76 bits per heavy atom. The minimum atomic E-state index is -0.364. The fraction of sp³-hybridized carbons (Fsp3) is 0. The largest absolute Gasteiger partial charge is 0.416 e. The van der Waals surface area contributed by atoms with E-state index in [-0.39, 0.29) is 28.6 Å². The molecule has 1 N–H and O–H groups in total. The maximum absolute atomic E-state index is 13.1. The van der Waals surface area contributed by atoms with Crippen LogP contribution < -0.4 is 5.43 Å². The van der Waals surface area contributed by atoms with Crippen molar-refractivity contribution in [2.75, 3.05) is 0 Å². The summed E-state index contributed by atoms with van der Waals surface area (Å²) in [5, 5.41) is 8.33. The van der Waals surface area contributed by atoms with Crippen molar-refractivity contribution in [3.8, 4) is 34.0 Å². The van der Waals surface area contributed by atoms with Crippen LogP contribution in [0.2, 0.25) is 0 Å². The Morgan fingerprint density at radius 1 is 0.931 bits per heavy atom. The molecule has 29 heavy (non-hydrogen) atoms. The second-order valence-corrected chi connectivity index (χ2v) is 6.31. The molecule has 0 fully saturated rings. The van der Waals surface area contributed by atoms with Crippen molar-refractivity contribution in [1.29, 1.82) is 0 Å². The Hall–Kier alpha value is -4.20. The molecule has 0 amide bonds. The summed E-state index contributed by atoms with van der Waals surface area (Å²) in [4.78, 5) is 24.5. The number of aromatic nitrogens is 5. The summed E-state index contributed by atoms with van der Waals surface area (Å²) >= 11 is 0. The average Bonchev–Trinajstić information content (AvgIpc) is 3.25. The summed E-state index contributed by atoms with van der Waals surface area (Å²) < 4.78 is 18.8. The molecule has 0 spiro atoms. The fourth-order valence-corrected chi connectivity index (χ4v) is 3.00. The molecule has 140 valence electrons. The van der Waals surface area contributed by atoms with Crippen LogP contribution >= 0.6 is 0 Å². The SMILES string of the molecule is O=c1c(-c2nnc(-c3ccc(F)cc3)o2)c[nH]c2ncc(-c3cccnc3)cc12. The van der Waals surface area contributed by atoms with E-state index in [0.29, 0.717) is 16.6 Å². The minimum absolute atomic E-state index is 0.0688. The Morgan fingerprint density at radius 3 is 2.55 bits per heavy atom. The van der Waals surface area contributed by atoms with E-state index in [2.05, 4.69) is 25.1 Å². The van der Waals surface area contributed by atoms with E-state index < -0.39 is 0 Å². The summed E-state index contributed by atoms with van der Waals surface area (Å²) in [6, 6.07) is 11.1. The topological polar surface area (TPSA) is 97.6 Å². The fourth-order valence-electron chi connectivity index (χ4n) is 3.00. The molecule has 0 saturated heterocycles. The van der Waals surface area contributed by atoms with E-state index in [1.807, 2.05) is 12.1 Å². The molecule has 0 aliphatic carbocycles. The number of nitrogens with one attached hydrogen (secondary N) is 1. The van der Waals surface area contributed by atoms with Gasteiger partial charge in [0.05, 0.1) is 5.39 Å². The second-order valence-electron chi connectivity index (χ2n) is 6.31. The van der Waals surface area contributed by atoms with Crippen LogP contribution in [0.1, 0.15) is 0 Å². The average molecular weight is 385 g/mol. The van der Waals surface area contributed by atoms with Crippen LogP contribution in [0, 0.1) is 5.82 Å². The number of fused-ring (bicyclic) bond motifs is 1. The molecule has 5 rings (SSSR count). The normalized spacial score (nSPS) is 11.1. The highest BCUT2D eigenvalue weighted by molar-refractivity contribution is 5.83. The van der Waals surface area contributed by atoms with Gasteiger partial charge in [0, 0.05) is 41.5 Å². The zero-order chi connectivity index (χ0) is 19.8. The number of hydrogen-bond donors (Lipinski definition) is 1. The third-order valence-electron chi connectivity index (χ3n) is 4.47. The van der Waals surface area contributed by atoms with Gasteiger partial charge in [0.15, 0.2) is 0 Å². The molecular formula is C21H12FN5O2. The minimum Gasteiger partial charge on any atom is -0.416 e. The van der Waals surface area contributed by atoms with Crippen molar-refractivity contribution in [3.63, 3.8) is 0 Å². The molecule has 5 aromatic rings. The van der Waals surface area contributed by atoms with Crippen LogP contribution in [0.3, 0.4) is 0 Å². The number of benzene rings is 1. The van der Waals surface area contributed by atoms with Crippen LogP contribution in [0.15, 0.2) is 76.5 Å². The summed E-state index contributed by atoms with van der Waals surface area (Å²) in [5.41, 5.74) is 2.57. The lowest BCUT2D eigenvalue weighted by molar-refractivity contribution is 0.583. The van der Waals surface area contributed by atoms with Gasteiger partial charge in [-0.1, -0.05) is 6.07 Å². The first kappa shape index (κ1) is 16.9. The molecule has 4 aromatic heterocycles. The molecule has 0 atom stereocenters. The first-order valence-corrected chi connectivity index (χ1v) is 8.71. The third-order valence-corrected chi connectivity index (χ3v) is 4.47. The number of hydrogen-bond acceptors (Lipinski definition) is 6. The van der Waals surface area contributed by atoms with Crippen LogP contribution in [0.5, 0.6) is 0 Å². The van der Waals surface area contributed by atoms with E-state index in [1.165, 1.54) is 30.5 Å². The Kier molecular flexibility index (Phi) is 3.94. The Labute approximate surface area is 162 Å². The van der Waals surface area contributed by atoms with E-state index >= 15 is 0 Å². The highest BCUT2D eigenvalue weighted by atomic mass is 19.1. The molecule has 0 radical (unpaired) electrons. The van der Waals surface area contributed by atoms with Crippen molar-refractivity contribution in [3.05, 3.63) is 83.3 Å². The van der Waals surface area contributed by atoms with E-state index in [9.17, 15) is 9.18 Å². The van der Waals surface area contributed by atoms with Gasteiger partial charge in [-0.15, -0.1) is 10.2 Å². The zero-order valence-corrected chi connectivity index (χ0v) is 14.8. The van der Waals surface area contributed by atoms with Gasteiger partial charge in [0.1, 0.15) is 17.0 Å². The van der Waals surface area contributed by atoms with Gasteiger partial charge in [-0.25, -0.2) is 9.37 Å². The monoisotopic (exact) mass is 385 g/mol. The van der Waals surface area contributed by atoms with Crippen LogP contribution in [-0.2, 0) is 0 Å². The molecule has 8 heteroatoms. The predicted molar refractivity (Wildman–Crippen MR) is 104 cm³/mol. The van der Waals surface area contributed by atoms with Crippen LogP contribution in [0.4, 0.5) is 4.39 Å². The third kappa shape index (κ3) is 3.06. The Balaban J connectivity index is 1.60. The lowest BCUT2D eigenvalue weighted by Crippen LogP contribution is -2.07. The van der Waals surface area contributed by atoms with Gasteiger partial charge in [-0.2, -0.15) is 0 Å². The van der Waals surface area contributed by atoms with Crippen LogP contribution in [0.25, 0.3) is 45.1 Å². The molecule has 7 nitrogen and oxygen atoms in total. The van der Waals surface area contributed by atoms with Gasteiger partial charge >= 0.3 is 0 Å². The number of rotatable bonds is 3. The molecule has 0 aliphatic heterocycles. The number of halogens is 1. The quantitative estimate of drug-likeness (QED) is 0.507. The predicted octanol–water partition coefficient (Wildman–Crippen LogP) is 3.84. The maximum atomic E-state index is 13.1. The number of H-pyrrole nitrogens is 1. The van der Waals surface area contributed by atoms with Gasteiger partial charge in [0.25, 0.3) is 5.89 Å². The lowest BCUT2D eigenvalue weighted by Gasteiger charge is -2.03. The lowest BCUT2D eigenvalue weighted by atomic mass is 10.1. The van der Waals surface area contributed by atoms with E-state index in [1.54, 1.807) is 24.7 Å². The first-order chi connectivity index (χ1) is 14.2. The standard InChI is InChI=1S/C21H12FN5O2/c22-15-5-3-12(4-6-15)20-26-27-21(29-20)17-11-25-19-16(18(17)28)8-14(10-24-19)13-2-1-7-23-9-13/h1-11H,(H,24,25,28). The number of aromatic amines is 1. The second kappa shape index (κ2) is 6.75. The number of pyridine rings is 3. The Bertz CT molecular complexity index is 1380. The molecule has 0 unspecified atom stereocenters. The van der Waals surface area contributed by atoms with Crippen molar-refractivity contribution in [1.82, 2.24) is 25.1 Å². The van der Waals surface area contributed by atoms with Gasteiger partial charge in [-0.05, 0) is 36.4 Å². The van der Waals surface area contributed by atoms with Crippen molar-refractivity contribution >= 4 is 11.0 Å². The van der Waals surface area contributed by atoms with Gasteiger partial charge < -0.3 is 9.40 Å². The molecule has 0 saturated carbocycles. The van der Waals surface area contributed by atoms with Gasteiger partial charge in [0.2, 0.25) is 11.3 Å². The van der Waals surface area contributed by atoms with E-state index in [4.69, 9.17) is 4.42 Å². The molecule has 0 aliphatic rings. The summed E-state index contributed by atoms with van der Waals surface area (Å²) in [7, 11) is 0. The van der Waals surface area contributed by atoms with Crippen molar-refractivity contribution in [2.24, 2.45) is 0 Å².